The molecule has 1 aromatic rings. The molecule has 1 aliphatic rings. The summed E-state index contributed by atoms with van der Waals surface area (Å²) in [5.41, 5.74) is 0. The van der Waals surface area contributed by atoms with Crippen molar-refractivity contribution in [2.45, 2.75) is 12.5 Å². The van der Waals surface area contributed by atoms with Gasteiger partial charge < -0.3 is 20.4 Å². The number of pyridine rings is 1. The van der Waals surface area contributed by atoms with E-state index in [0.29, 0.717) is 18.3 Å². The second-order valence-electron chi connectivity index (χ2n) is 6.26. The molecule has 0 aliphatic carbocycles. The molecule has 1 unspecified atom stereocenters. The van der Waals surface area contributed by atoms with Crippen LogP contribution in [0.1, 0.15) is 6.42 Å². The highest BCUT2D eigenvalue weighted by Crippen LogP contribution is 2.20. The largest absolute Gasteiger partial charge is 0.356 e. The Labute approximate surface area is 158 Å². The first kappa shape index (κ1) is 20.3. The third kappa shape index (κ3) is 6.05. The quantitative estimate of drug-likeness (QED) is 0.413. The highest BCUT2D eigenvalue weighted by molar-refractivity contribution is 7.98. The molecule has 1 aromatic heterocycles. The minimum absolute atomic E-state index is 0.0560. The summed E-state index contributed by atoms with van der Waals surface area (Å²) >= 11 is 1.74. The topological polar surface area (TPSA) is 72.9 Å². The molecule has 0 bridgehead atoms. The fraction of sp³-hybridized carbons (Fsp3) is 0.588. The molecule has 26 heavy (non-hydrogen) atoms. The Hall–Kier alpha value is -2.03. The standard InChI is InChI=1S/C17H27FN6OS/c1-23(2)15(25)11-21-17(20-8-10-26-3)22-13-6-9-24(12-13)16-14(18)5-4-7-19-16/h4-5,7,13H,6,8-12H2,1-3H3,(H2,20,21,22). The van der Waals surface area contributed by atoms with Gasteiger partial charge in [0.05, 0.1) is 0 Å². The first-order valence-electron chi connectivity index (χ1n) is 8.60. The number of hydrogen-bond acceptors (Lipinski definition) is 5. The van der Waals surface area contributed by atoms with Crippen LogP contribution in [-0.2, 0) is 4.79 Å². The summed E-state index contributed by atoms with van der Waals surface area (Å²) in [7, 11) is 3.42. The zero-order chi connectivity index (χ0) is 18.9. The zero-order valence-electron chi connectivity index (χ0n) is 15.5. The Bertz CT molecular complexity index is 627. The van der Waals surface area contributed by atoms with Gasteiger partial charge in [0, 0.05) is 51.7 Å². The molecule has 7 nitrogen and oxygen atoms in total. The van der Waals surface area contributed by atoms with E-state index < -0.39 is 0 Å². The van der Waals surface area contributed by atoms with Gasteiger partial charge in [0.2, 0.25) is 5.91 Å². The number of likely N-dealkylation sites (N-methyl/N-ethyl adjacent to an activating group) is 1. The molecule has 2 N–H and O–H groups in total. The molecule has 0 saturated carbocycles. The van der Waals surface area contributed by atoms with E-state index in [-0.39, 0.29) is 24.3 Å². The maximum absolute atomic E-state index is 13.9. The molecule has 1 atom stereocenters. The number of carbonyl (C=O) groups excluding carboxylic acids is 1. The van der Waals surface area contributed by atoms with E-state index in [0.717, 1.165) is 25.3 Å². The Morgan fingerprint density at radius 2 is 2.35 bits per heavy atom. The number of hydrogen-bond donors (Lipinski definition) is 2. The Morgan fingerprint density at radius 1 is 1.54 bits per heavy atom. The Morgan fingerprint density at radius 3 is 3.04 bits per heavy atom. The van der Waals surface area contributed by atoms with Crippen molar-refractivity contribution in [3.63, 3.8) is 0 Å². The SMILES string of the molecule is CSCCNC(=NCC(=O)N(C)C)NC1CCN(c2ncccc2F)C1. The van der Waals surface area contributed by atoms with Gasteiger partial charge in [-0.25, -0.2) is 14.4 Å². The predicted octanol–water partition coefficient (Wildman–Crippen LogP) is 0.786. The number of thioether (sulfide) groups is 1. The smallest absolute Gasteiger partial charge is 0.243 e. The third-order valence-electron chi connectivity index (χ3n) is 4.04. The van der Waals surface area contributed by atoms with Crippen LogP contribution in [0.2, 0.25) is 0 Å². The van der Waals surface area contributed by atoms with E-state index in [2.05, 4.69) is 20.6 Å². The highest BCUT2D eigenvalue weighted by atomic mass is 32.2. The van der Waals surface area contributed by atoms with E-state index in [1.54, 1.807) is 38.1 Å². The molecule has 2 rings (SSSR count). The van der Waals surface area contributed by atoms with Gasteiger partial charge in [0.1, 0.15) is 6.54 Å². The highest BCUT2D eigenvalue weighted by Gasteiger charge is 2.26. The van der Waals surface area contributed by atoms with E-state index in [9.17, 15) is 9.18 Å². The van der Waals surface area contributed by atoms with Crippen LogP contribution in [0.4, 0.5) is 10.2 Å². The molecule has 2 heterocycles. The van der Waals surface area contributed by atoms with Crippen molar-refractivity contribution in [1.29, 1.82) is 0 Å². The van der Waals surface area contributed by atoms with Crippen molar-refractivity contribution in [3.05, 3.63) is 24.1 Å². The van der Waals surface area contributed by atoms with Crippen molar-refractivity contribution in [2.24, 2.45) is 4.99 Å². The fourth-order valence-electron chi connectivity index (χ4n) is 2.59. The van der Waals surface area contributed by atoms with Gasteiger partial charge in [0.15, 0.2) is 17.6 Å². The van der Waals surface area contributed by atoms with Crippen LogP contribution in [0.3, 0.4) is 0 Å². The van der Waals surface area contributed by atoms with Crippen LogP contribution in [0, 0.1) is 5.82 Å². The number of nitrogens with one attached hydrogen (secondary N) is 2. The lowest BCUT2D eigenvalue weighted by molar-refractivity contribution is -0.127. The second-order valence-corrected chi connectivity index (χ2v) is 7.24. The lowest BCUT2D eigenvalue weighted by Gasteiger charge is -2.20. The number of nitrogens with zero attached hydrogens (tertiary/aromatic N) is 4. The first-order valence-corrected chi connectivity index (χ1v) is 10.00. The summed E-state index contributed by atoms with van der Waals surface area (Å²) in [6.07, 6.45) is 4.49. The van der Waals surface area contributed by atoms with Crippen molar-refractivity contribution in [1.82, 2.24) is 20.5 Å². The molecule has 0 radical (unpaired) electrons. The van der Waals surface area contributed by atoms with Gasteiger partial charge in [-0.1, -0.05) is 0 Å². The summed E-state index contributed by atoms with van der Waals surface area (Å²) in [6.45, 7) is 2.21. The maximum atomic E-state index is 13.9. The molecule has 0 aromatic carbocycles. The Balaban J connectivity index is 1.95. The average Bonchev–Trinajstić information content (AvgIpc) is 3.08. The van der Waals surface area contributed by atoms with Crippen LogP contribution in [0.15, 0.2) is 23.3 Å². The number of aliphatic imine (C=N–C) groups is 1. The van der Waals surface area contributed by atoms with Gasteiger partial charge >= 0.3 is 0 Å². The van der Waals surface area contributed by atoms with Crippen LogP contribution >= 0.6 is 11.8 Å². The van der Waals surface area contributed by atoms with E-state index in [1.165, 1.54) is 11.0 Å². The third-order valence-corrected chi connectivity index (χ3v) is 4.65. The molecule has 1 aliphatic heterocycles. The number of halogens is 1. The number of rotatable bonds is 7. The molecule has 9 heteroatoms. The van der Waals surface area contributed by atoms with Crippen molar-refractivity contribution < 1.29 is 9.18 Å². The van der Waals surface area contributed by atoms with E-state index in [1.807, 2.05) is 11.2 Å². The first-order chi connectivity index (χ1) is 12.5. The lowest BCUT2D eigenvalue weighted by atomic mass is 10.3. The summed E-state index contributed by atoms with van der Waals surface area (Å²) in [5.74, 6) is 1.57. The van der Waals surface area contributed by atoms with Crippen LogP contribution in [0.5, 0.6) is 0 Å². The maximum Gasteiger partial charge on any atom is 0.243 e. The van der Waals surface area contributed by atoms with Crippen molar-refractivity contribution in [3.8, 4) is 0 Å². The molecule has 1 saturated heterocycles. The molecule has 1 amide bonds. The molecular formula is C17H27FN6OS. The normalized spacial score (nSPS) is 17.3. The van der Waals surface area contributed by atoms with Gasteiger partial charge in [0.25, 0.3) is 0 Å². The summed E-state index contributed by atoms with van der Waals surface area (Å²) in [6, 6.07) is 3.13. The lowest BCUT2D eigenvalue weighted by Crippen LogP contribution is -2.46. The second kappa shape index (κ2) is 10.2. The van der Waals surface area contributed by atoms with Crippen LogP contribution < -0.4 is 15.5 Å². The van der Waals surface area contributed by atoms with Crippen LogP contribution in [-0.4, -0.2) is 80.1 Å². The molecule has 1 fully saturated rings. The zero-order valence-corrected chi connectivity index (χ0v) is 16.4. The fourth-order valence-corrected chi connectivity index (χ4v) is 2.89. The summed E-state index contributed by atoms with van der Waals surface area (Å²) in [4.78, 5) is 23.8. The number of aromatic nitrogens is 1. The predicted molar refractivity (Wildman–Crippen MR) is 105 cm³/mol. The Kier molecular flexibility index (Phi) is 7.96. The molecule has 0 spiro atoms. The van der Waals surface area contributed by atoms with Gasteiger partial charge in [-0.15, -0.1) is 0 Å². The number of guanidine groups is 1. The number of anilines is 1. The van der Waals surface area contributed by atoms with Crippen molar-refractivity contribution >= 4 is 29.4 Å². The van der Waals surface area contributed by atoms with Gasteiger partial charge in [-0.2, -0.15) is 11.8 Å². The van der Waals surface area contributed by atoms with Crippen molar-refractivity contribution in [2.75, 3.05) is 57.2 Å². The average molecular weight is 383 g/mol. The van der Waals surface area contributed by atoms with E-state index in [4.69, 9.17) is 0 Å². The summed E-state index contributed by atoms with van der Waals surface area (Å²) in [5, 5.41) is 6.60. The minimum Gasteiger partial charge on any atom is -0.356 e. The van der Waals surface area contributed by atoms with E-state index >= 15 is 0 Å². The number of amides is 1. The van der Waals surface area contributed by atoms with Gasteiger partial charge in [-0.05, 0) is 24.8 Å². The number of carbonyl (C=O) groups is 1. The molecular weight excluding hydrogens is 355 g/mol. The molecule has 144 valence electrons. The summed E-state index contributed by atoms with van der Waals surface area (Å²) < 4.78 is 13.9. The van der Waals surface area contributed by atoms with Crippen LogP contribution in [0.25, 0.3) is 0 Å². The minimum atomic E-state index is -0.309. The monoisotopic (exact) mass is 382 g/mol. The van der Waals surface area contributed by atoms with Gasteiger partial charge in [-0.3, -0.25) is 4.79 Å².